The molecule has 0 aliphatic heterocycles. The molecule has 0 spiro atoms. The monoisotopic (exact) mass is 469 g/mol. The third kappa shape index (κ3) is 6.65. The topological polar surface area (TPSA) is 140 Å². The van der Waals surface area contributed by atoms with Crippen LogP contribution in [-0.4, -0.2) is 44.8 Å². The number of nitro groups is 1. The van der Waals surface area contributed by atoms with Gasteiger partial charge in [0.05, 0.1) is 37.0 Å². The number of nitrogens with zero attached hydrogens (tertiary/aromatic N) is 5. The predicted octanol–water partition coefficient (Wildman–Crippen LogP) is 5.07. The van der Waals surface area contributed by atoms with E-state index in [1.54, 1.807) is 19.1 Å². The van der Waals surface area contributed by atoms with Crippen LogP contribution in [0.3, 0.4) is 0 Å². The standard InChI is InChI=1S/C23H27N5O6/c1-5-27(11-7-8-23(29)34-6-2)20-14-21(32-3)19(13-22(20)33-4)26-25-18-10-9-17(28(30)31)12-16(18)15-24/h9-10,12-14H,5-8,11H2,1-4H3. The minimum Gasteiger partial charge on any atom is -0.494 e. The van der Waals surface area contributed by atoms with E-state index in [0.717, 1.165) is 11.8 Å². The number of azo groups is 1. The van der Waals surface area contributed by atoms with Gasteiger partial charge < -0.3 is 19.1 Å². The van der Waals surface area contributed by atoms with Crippen LogP contribution in [0.5, 0.6) is 11.5 Å². The van der Waals surface area contributed by atoms with Gasteiger partial charge >= 0.3 is 5.97 Å². The quantitative estimate of drug-likeness (QED) is 0.182. The van der Waals surface area contributed by atoms with Crippen molar-refractivity contribution in [2.45, 2.75) is 26.7 Å². The summed E-state index contributed by atoms with van der Waals surface area (Å²) in [5.74, 6) is 0.711. The van der Waals surface area contributed by atoms with Crippen molar-refractivity contribution in [3.8, 4) is 17.6 Å². The van der Waals surface area contributed by atoms with Crippen molar-refractivity contribution < 1.29 is 23.9 Å². The number of esters is 1. The lowest BCUT2D eigenvalue weighted by atomic mass is 10.2. The lowest BCUT2D eigenvalue weighted by Gasteiger charge is -2.25. The predicted molar refractivity (Wildman–Crippen MR) is 125 cm³/mol. The molecule has 0 fully saturated rings. The van der Waals surface area contributed by atoms with E-state index in [2.05, 4.69) is 10.2 Å². The van der Waals surface area contributed by atoms with Crippen molar-refractivity contribution >= 4 is 28.7 Å². The second kappa shape index (κ2) is 12.7. The summed E-state index contributed by atoms with van der Waals surface area (Å²) < 4.78 is 16.0. The van der Waals surface area contributed by atoms with Gasteiger partial charge in [0.2, 0.25) is 0 Å². The third-order valence-electron chi connectivity index (χ3n) is 4.89. The summed E-state index contributed by atoms with van der Waals surface area (Å²) in [7, 11) is 3.02. The lowest BCUT2D eigenvalue weighted by Crippen LogP contribution is -2.25. The Morgan fingerprint density at radius 3 is 2.41 bits per heavy atom. The van der Waals surface area contributed by atoms with Crippen molar-refractivity contribution in [2.75, 3.05) is 38.8 Å². The van der Waals surface area contributed by atoms with E-state index in [1.165, 1.54) is 26.4 Å². The zero-order valence-corrected chi connectivity index (χ0v) is 19.6. The van der Waals surface area contributed by atoms with Gasteiger partial charge in [0, 0.05) is 43.8 Å². The first-order valence-electron chi connectivity index (χ1n) is 10.6. The van der Waals surface area contributed by atoms with Gasteiger partial charge in [0.15, 0.2) is 0 Å². The first-order valence-corrected chi connectivity index (χ1v) is 10.6. The van der Waals surface area contributed by atoms with Gasteiger partial charge in [-0.05, 0) is 26.3 Å². The number of hydrogen-bond acceptors (Lipinski definition) is 10. The molecule has 2 aromatic rings. The number of ether oxygens (including phenoxy) is 3. The Morgan fingerprint density at radius 2 is 1.82 bits per heavy atom. The van der Waals surface area contributed by atoms with E-state index < -0.39 is 4.92 Å². The number of non-ortho nitro benzene ring substituents is 1. The molecule has 34 heavy (non-hydrogen) atoms. The molecule has 0 N–H and O–H groups in total. The van der Waals surface area contributed by atoms with Crippen LogP contribution < -0.4 is 14.4 Å². The van der Waals surface area contributed by atoms with Crippen LogP contribution in [0.4, 0.5) is 22.7 Å². The number of anilines is 1. The number of methoxy groups -OCH3 is 2. The average molecular weight is 469 g/mol. The van der Waals surface area contributed by atoms with Crippen LogP contribution in [0.15, 0.2) is 40.6 Å². The van der Waals surface area contributed by atoms with Crippen molar-refractivity contribution in [1.82, 2.24) is 0 Å². The summed E-state index contributed by atoms with van der Waals surface area (Å²) in [6.07, 6.45) is 0.920. The molecule has 0 atom stereocenters. The number of rotatable bonds is 12. The van der Waals surface area contributed by atoms with E-state index in [9.17, 15) is 20.2 Å². The Hall–Kier alpha value is -4.20. The molecule has 0 bridgehead atoms. The van der Waals surface area contributed by atoms with Crippen LogP contribution >= 0.6 is 0 Å². The van der Waals surface area contributed by atoms with E-state index in [0.29, 0.717) is 49.7 Å². The Kier molecular flexibility index (Phi) is 9.76. The highest BCUT2D eigenvalue weighted by atomic mass is 16.6. The SMILES string of the molecule is CCOC(=O)CCCN(CC)c1cc(OC)c(N=Nc2ccc([N+](=O)[O-])cc2C#N)cc1OC. The summed E-state index contributed by atoms with van der Waals surface area (Å²) in [6.45, 7) is 5.38. The molecule has 0 unspecified atom stereocenters. The smallest absolute Gasteiger partial charge is 0.305 e. The van der Waals surface area contributed by atoms with E-state index >= 15 is 0 Å². The van der Waals surface area contributed by atoms with Crippen LogP contribution in [0, 0.1) is 21.4 Å². The normalized spacial score (nSPS) is 10.6. The summed E-state index contributed by atoms with van der Waals surface area (Å²) in [6, 6.07) is 9.07. The number of carbonyl (C=O) groups is 1. The minimum atomic E-state index is -0.583. The highest BCUT2D eigenvalue weighted by Crippen LogP contribution is 2.41. The third-order valence-corrected chi connectivity index (χ3v) is 4.89. The molecule has 0 heterocycles. The fourth-order valence-electron chi connectivity index (χ4n) is 3.21. The second-order valence-corrected chi connectivity index (χ2v) is 6.95. The molecular formula is C23H27N5O6. The van der Waals surface area contributed by atoms with Crippen molar-refractivity contribution in [3.05, 3.63) is 46.0 Å². The van der Waals surface area contributed by atoms with E-state index in [-0.39, 0.29) is 22.9 Å². The first kappa shape index (κ1) is 26.1. The Morgan fingerprint density at radius 1 is 1.12 bits per heavy atom. The Labute approximate surface area is 197 Å². The first-order chi connectivity index (χ1) is 16.4. The molecule has 0 aliphatic rings. The van der Waals surface area contributed by atoms with Gasteiger partial charge in [0.1, 0.15) is 28.9 Å². The van der Waals surface area contributed by atoms with Crippen LogP contribution in [0.1, 0.15) is 32.3 Å². The molecule has 0 aliphatic carbocycles. The number of nitro benzene ring substituents is 1. The van der Waals surface area contributed by atoms with Crippen molar-refractivity contribution in [1.29, 1.82) is 5.26 Å². The average Bonchev–Trinajstić information content (AvgIpc) is 2.84. The van der Waals surface area contributed by atoms with Gasteiger partial charge in [-0.25, -0.2) is 0 Å². The molecule has 11 nitrogen and oxygen atoms in total. The van der Waals surface area contributed by atoms with Crippen LogP contribution in [-0.2, 0) is 9.53 Å². The van der Waals surface area contributed by atoms with Gasteiger partial charge in [-0.3, -0.25) is 14.9 Å². The van der Waals surface area contributed by atoms with E-state index in [1.807, 2.05) is 17.9 Å². The highest BCUT2D eigenvalue weighted by Gasteiger charge is 2.17. The summed E-state index contributed by atoms with van der Waals surface area (Å²) in [5, 5.41) is 28.5. The molecule has 0 aromatic heterocycles. The number of benzene rings is 2. The molecule has 2 aromatic carbocycles. The minimum absolute atomic E-state index is 0.0271. The highest BCUT2D eigenvalue weighted by molar-refractivity contribution is 5.71. The molecule has 0 saturated carbocycles. The maximum absolute atomic E-state index is 11.6. The number of carbonyl (C=O) groups excluding carboxylic acids is 1. The number of hydrogen-bond donors (Lipinski definition) is 0. The lowest BCUT2D eigenvalue weighted by molar-refractivity contribution is -0.384. The summed E-state index contributed by atoms with van der Waals surface area (Å²) >= 11 is 0. The Balaban J connectivity index is 2.33. The maximum Gasteiger partial charge on any atom is 0.305 e. The van der Waals surface area contributed by atoms with E-state index in [4.69, 9.17) is 14.2 Å². The maximum atomic E-state index is 11.6. The zero-order valence-electron chi connectivity index (χ0n) is 19.6. The fourth-order valence-corrected chi connectivity index (χ4v) is 3.21. The molecule has 11 heteroatoms. The zero-order chi connectivity index (χ0) is 25.1. The molecule has 0 amide bonds. The van der Waals surface area contributed by atoms with Crippen molar-refractivity contribution in [3.63, 3.8) is 0 Å². The van der Waals surface area contributed by atoms with Crippen LogP contribution in [0.2, 0.25) is 0 Å². The van der Waals surface area contributed by atoms with Crippen molar-refractivity contribution in [2.24, 2.45) is 10.2 Å². The largest absolute Gasteiger partial charge is 0.494 e. The molecule has 180 valence electrons. The molecule has 2 rings (SSSR count). The van der Waals surface area contributed by atoms with Gasteiger partial charge in [0.25, 0.3) is 5.69 Å². The second-order valence-electron chi connectivity index (χ2n) is 6.95. The Bertz CT molecular complexity index is 1100. The van der Waals surface area contributed by atoms with Crippen LogP contribution in [0.25, 0.3) is 0 Å². The number of nitriles is 1. The fraction of sp³-hybridized carbons (Fsp3) is 0.391. The van der Waals surface area contributed by atoms with Gasteiger partial charge in [-0.15, -0.1) is 10.2 Å². The molecule has 0 radical (unpaired) electrons. The van der Waals surface area contributed by atoms with Gasteiger partial charge in [-0.1, -0.05) is 0 Å². The summed E-state index contributed by atoms with van der Waals surface area (Å²) in [5.41, 5.74) is 1.12. The molecule has 0 saturated heterocycles. The summed E-state index contributed by atoms with van der Waals surface area (Å²) in [4.78, 5) is 24.0. The van der Waals surface area contributed by atoms with Gasteiger partial charge in [-0.2, -0.15) is 5.26 Å². The molecular weight excluding hydrogens is 442 g/mol.